The van der Waals surface area contributed by atoms with E-state index in [9.17, 15) is 30.0 Å². The van der Waals surface area contributed by atoms with Crippen LogP contribution in [-0.2, 0) is 26.2 Å². The highest BCUT2D eigenvalue weighted by molar-refractivity contribution is 7.90. The van der Waals surface area contributed by atoms with Crippen molar-refractivity contribution in [1.29, 1.82) is 0 Å². The van der Waals surface area contributed by atoms with Crippen molar-refractivity contribution in [1.82, 2.24) is 4.72 Å². The number of nitrogens with one attached hydrogen (secondary N) is 2. The molecule has 0 bridgehead atoms. The number of anilines is 1. The highest BCUT2D eigenvalue weighted by atomic mass is 32.2. The van der Waals surface area contributed by atoms with E-state index < -0.39 is 47.7 Å². The second-order valence-electron chi connectivity index (χ2n) is 5.70. The van der Waals surface area contributed by atoms with Gasteiger partial charge < -0.3 is 5.32 Å². The minimum absolute atomic E-state index is 0.306. The lowest BCUT2D eigenvalue weighted by molar-refractivity contribution is -0.139. The van der Waals surface area contributed by atoms with E-state index in [4.69, 9.17) is 5.14 Å². The van der Waals surface area contributed by atoms with Crippen molar-refractivity contribution in [2.75, 3.05) is 5.32 Å². The largest absolute Gasteiger partial charge is 0.417 e. The molecule has 0 aromatic heterocycles. The quantitative estimate of drug-likeness (QED) is 0.652. The maximum atomic E-state index is 13.2. The molecular formula is C13H18F3N3O4S2. The van der Waals surface area contributed by atoms with Gasteiger partial charge in [-0.2, -0.15) is 17.9 Å². The second-order valence-corrected chi connectivity index (χ2v) is 8.91. The monoisotopic (exact) mass is 401 g/mol. The van der Waals surface area contributed by atoms with Gasteiger partial charge in [-0.25, -0.2) is 22.0 Å². The molecule has 0 spiro atoms. The molecule has 12 heteroatoms. The van der Waals surface area contributed by atoms with Crippen molar-refractivity contribution >= 4 is 25.7 Å². The summed E-state index contributed by atoms with van der Waals surface area (Å²) in [4.78, 5) is -1.87. The first kappa shape index (κ1) is 19.9. The summed E-state index contributed by atoms with van der Waals surface area (Å²) < 4.78 is 89.3. The van der Waals surface area contributed by atoms with Crippen LogP contribution < -0.4 is 15.2 Å². The number of primary sulfonamides is 1. The second kappa shape index (κ2) is 6.74. The van der Waals surface area contributed by atoms with Gasteiger partial charge in [-0.15, -0.1) is 0 Å². The summed E-state index contributed by atoms with van der Waals surface area (Å²) in [6.45, 7) is 1.96. The zero-order valence-corrected chi connectivity index (χ0v) is 14.9. The summed E-state index contributed by atoms with van der Waals surface area (Å²) in [5.74, 6) is 0. The normalized spacial score (nSPS) is 20.0. The van der Waals surface area contributed by atoms with E-state index in [1.54, 1.807) is 0 Å². The summed E-state index contributed by atoms with van der Waals surface area (Å²) in [6, 6.07) is 0.908. The number of nitrogens with two attached hydrogens (primary N) is 1. The topological polar surface area (TPSA) is 118 Å². The molecule has 1 aromatic carbocycles. The van der Waals surface area contributed by atoms with Gasteiger partial charge in [0.25, 0.3) is 0 Å². The fourth-order valence-electron chi connectivity index (χ4n) is 2.55. The Morgan fingerprint density at radius 2 is 1.88 bits per heavy atom. The molecule has 1 heterocycles. The molecular weight excluding hydrogens is 383 g/mol. The molecule has 0 saturated heterocycles. The lowest BCUT2D eigenvalue weighted by Crippen LogP contribution is -2.45. The molecule has 142 valence electrons. The number of sulfonamides is 2. The van der Waals surface area contributed by atoms with Crippen molar-refractivity contribution in [3.05, 3.63) is 17.7 Å². The first-order valence-electron chi connectivity index (χ1n) is 7.43. The Bertz CT molecular complexity index is 867. The predicted molar refractivity (Wildman–Crippen MR) is 84.7 cm³/mol. The molecule has 0 amide bonds. The van der Waals surface area contributed by atoms with Crippen LogP contribution in [0.1, 0.15) is 38.2 Å². The molecule has 25 heavy (non-hydrogen) atoms. The number of rotatable bonds is 5. The van der Waals surface area contributed by atoms with Gasteiger partial charge in [-0.3, -0.25) is 0 Å². The van der Waals surface area contributed by atoms with Gasteiger partial charge in [0.2, 0.25) is 20.0 Å². The standard InChI is InChI=1S/C13H18F3N3O4S2/c1-2-3-4-5-12-18-9-6-8(13(14,15)16)10(24(17,20)21)7-11(9)25(22,23)19-12/h6-7,12,18-19H,2-5H2,1H3,(H2,17,20,21)/t12-/m1/s1. The SMILES string of the molecule is CCCCC[C@@H]1Nc2cc(C(F)(F)F)c(S(N)(=O)=O)cc2S(=O)(=O)N1. The Morgan fingerprint density at radius 1 is 1.24 bits per heavy atom. The number of benzene rings is 1. The molecule has 0 fully saturated rings. The highest BCUT2D eigenvalue weighted by Crippen LogP contribution is 2.39. The zero-order valence-electron chi connectivity index (χ0n) is 13.2. The average molecular weight is 401 g/mol. The van der Waals surface area contributed by atoms with Crippen LogP contribution in [0.5, 0.6) is 0 Å². The van der Waals surface area contributed by atoms with E-state index in [0.29, 0.717) is 25.0 Å². The summed E-state index contributed by atoms with van der Waals surface area (Å²) in [6.07, 6.45) is -2.99. The third-order valence-electron chi connectivity index (χ3n) is 3.71. The van der Waals surface area contributed by atoms with Crippen LogP contribution in [0.2, 0.25) is 0 Å². The molecule has 1 atom stereocenters. The first-order valence-corrected chi connectivity index (χ1v) is 10.5. The summed E-state index contributed by atoms with van der Waals surface area (Å²) >= 11 is 0. The number of unbranched alkanes of at least 4 members (excludes halogenated alkanes) is 2. The Morgan fingerprint density at radius 3 is 2.40 bits per heavy atom. The van der Waals surface area contributed by atoms with Gasteiger partial charge in [0.05, 0.1) is 22.3 Å². The molecule has 0 saturated carbocycles. The average Bonchev–Trinajstić information content (AvgIpc) is 2.43. The van der Waals surface area contributed by atoms with Crippen molar-refractivity contribution < 1.29 is 30.0 Å². The van der Waals surface area contributed by atoms with E-state index >= 15 is 0 Å². The van der Waals surface area contributed by atoms with Crippen molar-refractivity contribution in [2.45, 2.75) is 54.7 Å². The Labute approximate surface area is 143 Å². The molecule has 1 aliphatic heterocycles. The Hall–Kier alpha value is -1.37. The minimum Gasteiger partial charge on any atom is -0.368 e. The maximum Gasteiger partial charge on any atom is 0.417 e. The van der Waals surface area contributed by atoms with Gasteiger partial charge in [0, 0.05) is 0 Å². The lowest BCUT2D eigenvalue weighted by Gasteiger charge is -2.29. The van der Waals surface area contributed by atoms with Gasteiger partial charge >= 0.3 is 6.18 Å². The van der Waals surface area contributed by atoms with Crippen molar-refractivity contribution in [3.8, 4) is 0 Å². The van der Waals surface area contributed by atoms with Crippen molar-refractivity contribution in [3.63, 3.8) is 0 Å². The molecule has 0 aliphatic carbocycles. The summed E-state index contributed by atoms with van der Waals surface area (Å²) in [7, 11) is -8.94. The number of hydrogen-bond donors (Lipinski definition) is 3. The number of alkyl halides is 3. The van der Waals surface area contributed by atoms with E-state index in [2.05, 4.69) is 10.0 Å². The van der Waals surface area contributed by atoms with Crippen LogP contribution in [0.4, 0.5) is 18.9 Å². The van der Waals surface area contributed by atoms with Gasteiger partial charge in [0.1, 0.15) is 4.90 Å². The number of hydrogen-bond acceptors (Lipinski definition) is 5. The van der Waals surface area contributed by atoms with Gasteiger partial charge in [0.15, 0.2) is 0 Å². The third kappa shape index (κ3) is 4.43. The van der Waals surface area contributed by atoms with E-state index in [1.165, 1.54) is 0 Å². The van der Waals surface area contributed by atoms with E-state index in [0.717, 1.165) is 12.8 Å². The predicted octanol–water partition coefficient (Wildman–Crippen LogP) is 1.96. The zero-order chi connectivity index (χ0) is 19.0. The van der Waals surface area contributed by atoms with Crippen molar-refractivity contribution in [2.24, 2.45) is 5.14 Å². The molecule has 1 aliphatic rings. The Kier molecular flexibility index (Phi) is 5.38. The molecule has 4 N–H and O–H groups in total. The minimum atomic E-state index is -5.01. The molecule has 2 rings (SSSR count). The molecule has 0 radical (unpaired) electrons. The van der Waals surface area contributed by atoms with Gasteiger partial charge in [-0.05, 0) is 18.6 Å². The lowest BCUT2D eigenvalue weighted by atomic mass is 10.1. The smallest absolute Gasteiger partial charge is 0.368 e. The summed E-state index contributed by atoms with van der Waals surface area (Å²) in [5.41, 5.74) is -1.81. The first-order chi connectivity index (χ1) is 11.4. The van der Waals surface area contributed by atoms with E-state index in [-0.39, 0.29) is 5.69 Å². The number of halogens is 3. The van der Waals surface area contributed by atoms with Crippen LogP contribution in [0.3, 0.4) is 0 Å². The van der Waals surface area contributed by atoms with Crippen LogP contribution in [-0.4, -0.2) is 23.0 Å². The van der Waals surface area contributed by atoms with Crippen LogP contribution in [0.15, 0.2) is 21.9 Å². The number of fused-ring (bicyclic) bond motifs is 1. The van der Waals surface area contributed by atoms with Crippen LogP contribution in [0.25, 0.3) is 0 Å². The summed E-state index contributed by atoms with van der Waals surface area (Å²) in [5, 5.41) is 7.50. The van der Waals surface area contributed by atoms with E-state index in [1.807, 2.05) is 6.92 Å². The van der Waals surface area contributed by atoms with Gasteiger partial charge in [-0.1, -0.05) is 26.2 Å². The fourth-order valence-corrected chi connectivity index (χ4v) is 4.75. The Balaban J connectivity index is 2.56. The molecule has 7 nitrogen and oxygen atoms in total. The highest BCUT2D eigenvalue weighted by Gasteiger charge is 2.40. The molecule has 1 aromatic rings. The van der Waals surface area contributed by atoms with Crippen LogP contribution >= 0.6 is 0 Å². The fraction of sp³-hybridized carbons (Fsp3) is 0.538. The maximum absolute atomic E-state index is 13.2. The third-order valence-corrected chi connectivity index (χ3v) is 6.17. The molecule has 0 unspecified atom stereocenters. The van der Waals surface area contributed by atoms with Crippen LogP contribution in [0, 0.1) is 0 Å².